The van der Waals surface area contributed by atoms with E-state index in [1.807, 2.05) is 40.8 Å². The third kappa shape index (κ3) is 6.87. The zero-order valence-corrected chi connectivity index (χ0v) is 12.1. The molecule has 4 nitrogen and oxygen atoms in total. The first-order chi connectivity index (χ1) is 7.67. The van der Waals surface area contributed by atoms with Gasteiger partial charge in [0.1, 0.15) is 5.60 Å². The van der Waals surface area contributed by atoms with Crippen LogP contribution in [0.4, 0.5) is 4.79 Å². The molecule has 0 fully saturated rings. The summed E-state index contributed by atoms with van der Waals surface area (Å²) in [4.78, 5) is 13.6. The van der Waals surface area contributed by atoms with Crippen molar-refractivity contribution in [3.8, 4) is 0 Å². The fourth-order valence-corrected chi connectivity index (χ4v) is 1.24. The van der Waals surface area contributed by atoms with Crippen molar-refractivity contribution in [3.05, 3.63) is 11.8 Å². The molecule has 0 radical (unpaired) electrons. The van der Waals surface area contributed by atoms with Crippen LogP contribution in [-0.2, 0) is 4.74 Å². The van der Waals surface area contributed by atoms with E-state index in [-0.39, 0.29) is 6.09 Å². The highest BCUT2D eigenvalue weighted by atomic mass is 16.6. The highest BCUT2D eigenvalue weighted by molar-refractivity contribution is 5.67. The van der Waals surface area contributed by atoms with Crippen LogP contribution in [0.3, 0.4) is 0 Å². The number of amides is 1. The number of likely N-dealkylation sites (N-methyl/N-ethyl adjacent to an activating group) is 1. The summed E-state index contributed by atoms with van der Waals surface area (Å²) in [6.45, 7) is 12.2. The minimum atomic E-state index is -0.454. The predicted molar refractivity (Wildman–Crippen MR) is 70.9 cm³/mol. The molecule has 4 heteroatoms. The van der Waals surface area contributed by atoms with Gasteiger partial charge in [0.15, 0.2) is 0 Å². The molecule has 0 atom stereocenters. The Balaban J connectivity index is 4.22. The van der Waals surface area contributed by atoms with Crippen molar-refractivity contribution in [1.82, 2.24) is 10.2 Å². The van der Waals surface area contributed by atoms with Crippen molar-refractivity contribution >= 4 is 6.09 Å². The second kappa shape index (κ2) is 6.52. The number of allylic oxidation sites excluding steroid dienone is 1. The SMILES string of the molecule is C/C=C(/CNC(=O)OC(C)(C)C)N(C)C(C)C. The summed E-state index contributed by atoms with van der Waals surface area (Å²) in [6.07, 6.45) is 1.62. The first kappa shape index (κ1) is 15.8. The minimum absolute atomic E-state index is 0.381. The standard InChI is InChI=1S/C13H26N2O2/c1-8-11(15(7)10(2)3)9-14-12(16)17-13(4,5)6/h8,10H,9H2,1-7H3,(H,14,16)/b11-8-. The maximum absolute atomic E-state index is 11.5. The Morgan fingerprint density at radius 2 is 1.94 bits per heavy atom. The quantitative estimate of drug-likeness (QED) is 0.824. The molecular weight excluding hydrogens is 216 g/mol. The lowest BCUT2D eigenvalue weighted by atomic mass is 10.2. The Morgan fingerprint density at radius 3 is 2.29 bits per heavy atom. The molecule has 0 aliphatic rings. The molecule has 1 amide bonds. The molecule has 0 aliphatic heterocycles. The molecule has 0 spiro atoms. The monoisotopic (exact) mass is 242 g/mol. The van der Waals surface area contributed by atoms with Gasteiger partial charge in [-0.1, -0.05) is 6.08 Å². The van der Waals surface area contributed by atoms with Gasteiger partial charge in [-0.25, -0.2) is 4.79 Å². The van der Waals surface area contributed by atoms with Crippen molar-refractivity contribution < 1.29 is 9.53 Å². The lowest BCUT2D eigenvalue weighted by molar-refractivity contribution is 0.0528. The lowest BCUT2D eigenvalue weighted by Crippen LogP contribution is -2.37. The zero-order valence-electron chi connectivity index (χ0n) is 12.1. The second-order valence-electron chi connectivity index (χ2n) is 5.34. The van der Waals surface area contributed by atoms with E-state index in [1.54, 1.807) is 0 Å². The first-order valence-corrected chi connectivity index (χ1v) is 6.02. The number of hydrogen-bond donors (Lipinski definition) is 1. The van der Waals surface area contributed by atoms with Crippen LogP contribution in [0.5, 0.6) is 0 Å². The topological polar surface area (TPSA) is 41.6 Å². The fraction of sp³-hybridized carbons (Fsp3) is 0.769. The highest BCUT2D eigenvalue weighted by Gasteiger charge is 2.16. The van der Waals surface area contributed by atoms with Crippen molar-refractivity contribution in [1.29, 1.82) is 0 Å². The second-order valence-corrected chi connectivity index (χ2v) is 5.34. The lowest BCUT2D eigenvalue weighted by Gasteiger charge is -2.27. The summed E-state index contributed by atoms with van der Waals surface area (Å²) >= 11 is 0. The molecule has 0 rings (SSSR count). The fourth-order valence-electron chi connectivity index (χ4n) is 1.24. The van der Waals surface area contributed by atoms with Crippen LogP contribution in [0, 0.1) is 0 Å². The first-order valence-electron chi connectivity index (χ1n) is 6.02. The summed E-state index contributed by atoms with van der Waals surface area (Å²) in [5.41, 5.74) is 0.621. The molecule has 0 saturated carbocycles. The normalized spacial score (nSPS) is 12.6. The predicted octanol–water partition coefficient (Wildman–Crippen LogP) is 2.76. The number of hydrogen-bond acceptors (Lipinski definition) is 3. The number of carbonyl (C=O) groups is 1. The number of ether oxygens (including phenoxy) is 1. The highest BCUT2D eigenvalue weighted by Crippen LogP contribution is 2.08. The minimum Gasteiger partial charge on any atom is -0.444 e. The largest absolute Gasteiger partial charge is 0.444 e. The van der Waals surface area contributed by atoms with Crippen LogP contribution in [0.15, 0.2) is 11.8 Å². The van der Waals surface area contributed by atoms with Gasteiger partial charge in [-0.15, -0.1) is 0 Å². The molecular formula is C13H26N2O2. The van der Waals surface area contributed by atoms with Gasteiger partial charge >= 0.3 is 6.09 Å². The van der Waals surface area contributed by atoms with Crippen molar-refractivity contribution in [2.75, 3.05) is 13.6 Å². The molecule has 100 valence electrons. The smallest absolute Gasteiger partial charge is 0.407 e. The van der Waals surface area contributed by atoms with E-state index in [0.29, 0.717) is 12.6 Å². The summed E-state index contributed by atoms with van der Waals surface area (Å²) < 4.78 is 5.18. The number of nitrogens with one attached hydrogen (secondary N) is 1. The van der Waals surface area contributed by atoms with Crippen LogP contribution in [0.1, 0.15) is 41.5 Å². The molecule has 0 aromatic heterocycles. The molecule has 0 heterocycles. The van der Waals surface area contributed by atoms with Gasteiger partial charge in [-0.2, -0.15) is 0 Å². The summed E-state index contributed by atoms with van der Waals surface area (Å²) in [5.74, 6) is 0. The van der Waals surface area contributed by atoms with Crippen molar-refractivity contribution in [2.24, 2.45) is 0 Å². The van der Waals surface area contributed by atoms with Crippen molar-refractivity contribution in [3.63, 3.8) is 0 Å². The van der Waals surface area contributed by atoms with Gasteiger partial charge in [0.25, 0.3) is 0 Å². The van der Waals surface area contributed by atoms with Crippen LogP contribution in [-0.4, -0.2) is 36.2 Å². The average Bonchev–Trinajstić information content (AvgIpc) is 2.15. The summed E-state index contributed by atoms with van der Waals surface area (Å²) in [7, 11) is 2.01. The van der Waals surface area contributed by atoms with Gasteiger partial charge in [0.05, 0.1) is 6.54 Å². The van der Waals surface area contributed by atoms with E-state index in [9.17, 15) is 4.79 Å². The molecule has 0 bridgehead atoms. The van der Waals surface area contributed by atoms with E-state index in [4.69, 9.17) is 4.74 Å². The van der Waals surface area contributed by atoms with Crippen LogP contribution < -0.4 is 5.32 Å². The van der Waals surface area contributed by atoms with Gasteiger partial charge < -0.3 is 15.0 Å². The van der Waals surface area contributed by atoms with E-state index in [2.05, 4.69) is 24.1 Å². The van der Waals surface area contributed by atoms with E-state index < -0.39 is 5.60 Å². The number of carbonyl (C=O) groups excluding carboxylic acids is 1. The zero-order chi connectivity index (χ0) is 13.6. The van der Waals surface area contributed by atoms with Crippen LogP contribution in [0.2, 0.25) is 0 Å². The van der Waals surface area contributed by atoms with Gasteiger partial charge in [-0.3, -0.25) is 0 Å². The molecule has 17 heavy (non-hydrogen) atoms. The molecule has 0 saturated heterocycles. The van der Waals surface area contributed by atoms with Gasteiger partial charge in [0, 0.05) is 18.8 Å². The maximum Gasteiger partial charge on any atom is 0.407 e. The molecule has 0 aliphatic carbocycles. The Labute approximate surface area is 105 Å². The third-order valence-corrected chi connectivity index (χ3v) is 2.37. The Hall–Kier alpha value is -1.19. The Morgan fingerprint density at radius 1 is 1.41 bits per heavy atom. The number of alkyl carbamates (subject to hydrolysis) is 1. The molecule has 0 aromatic carbocycles. The summed E-state index contributed by atoms with van der Waals surface area (Å²) in [5, 5.41) is 2.75. The van der Waals surface area contributed by atoms with Crippen molar-refractivity contribution in [2.45, 2.75) is 53.2 Å². The average molecular weight is 242 g/mol. The molecule has 1 N–H and O–H groups in total. The maximum atomic E-state index is 11.5. The Kier molecular flexibility index (Phi) is 6.07. The van der Waals surface area contributed by atoms with Gasteiger partial charge in [0.2, 0.25) is 0 Å². The molecule has 0 aromatic rings. The number of rotatable bonds is 4. The Bertz CT molecular complexity index is 278. The molecule has 0 unspecified atom stereocenters. The van der Waals surface area contributed by atoms with E-state index in [1.165, 1.54) is 0 Å². The van der Waals surface area contributed by atoms with Gasteiger partial charge in [-0.05, 0) is 41.5 Å². The third-order valence-electron chi connectivity index (χ3n) is 2.37. The van der Waals surface area contributed by atoms with E-state index in [0.717, 1.165) is 5.70 Å². The summed E-state index contributed by atoms with van der Waals surface area (Å²) in [6, 6.07) is 0.404. The van der Waals surface area contributed by atoms with Crippen LogP contribution >= 0.6 is 0 Å². The number of nitrogens with zero attached hydrogens (tertiary/aromatic N) is 1. The van der Waals surface area contributed by atoms with E-state index >= 15 is 0 Å². The van der Waals surface area contributed by atoms with Crippen LogP contribution in [0.25, 0.3) is 0 Å².